The van der Waals surface area contributed by atoms with Gasteiger partial charge in [-0.05, 0) is 35.5 Å². The number of carbonyl (C=O) groups excluding carboxylic acids is 2. The van der Waals surface area contributed by atoms with Crippen LogP contribution in [-0.4, -0.2) is 43.5 Å². The summed E-state index contributed by atoms with van der Waals surface area (Å²) in [6.07, 6.45) is 3.61. The van der Waals surface area contributed by atoms with Crippen molar-refractivity contribution in [3.63, 3.8) is 0 Å². The number of carbonyl (C=O) groups is 2. The SMILES string of the molecule is CC(=O)OCC1=C[C@H](C2CCOCC2)[C@@](O)(COC(C)=O)c2ccccc21. The van der Waals surface area contributed by atoms with Gasteiger partial charge in [-0.15, -0.1) is 0 Å². The fourth-order valence-corrected chi connectivity index (χ4v) is 4.06. The van der Waals surface area contributed by atoms with E-state index in [2.05, 4.69) is 0 Å². The van der Waals surface area contributed by atoms with Gasteiger partial charge in [0.1, 0.15) is 18.8 Å². The topological polar surface area (TPSA) is 82.1 Å². The van der Waals surface area contributed by atoms with Crippen molar-refractivity contribution >= 4 is 17.5 Å². The van der Waals surface area contributed by atoms with Crippen LogP contribution in [-0.2, 0) is 29.4 Å². The van der Waals surface area contributed by atoms with Crippen molar-refractivity contribution in [1.82, 2.24) is 0 Å². The van der Waals surface area contributed by atoms with Gasteiger partial charge >= 0.3 is 11.9 Å². The highest BCUT2D eigenvalue weighted by molar-refractivity contribution is 5.75. The number of hydrogen-bond donors (Lipinski definition) is 1. The minimum absolute atomic E-state index is 0.112. The molecule has 6 heteroatoms. The zero-order valence-electron chi connectivity index (χ0n) is 15.8. The van der Waals surface area contributed by atoms with E-state index in [1.54, 1.807) is 0 Å². The summed E-state index contributed by atoms with van der Waals surface area (Å²) in [7, 11) is 0. The highest BCUT2D eigenvalue weighted by Crippen LogP contribution is 2.47. The molecule has 1 N–H and O–H groups in total. The second kappa shape index (κ2) is 8.23. The van der Waals surface area contributed by atoms with E-state index in [0.717, 1.165) is 24.0 Å². The van der Waals surface area contributed by atoms with Crippen molar-refractivity contribution in [1.29, 1.82) is 0 Å². The Morgan fingerprint density at radius 2 is 1.81 bits per heavy atom. The lowest BCUT2D eigenvalue weighted by Crippen LogP contribution is -2.46. The van der Waals surface area contributed by atoms with Crippen LogP contribution in [0.15, 0.2) is 30.3 Å². The summed E-state index contributed by atoms with van der Waals surface area (Å²) >= 11 is 0. The zero-order chi connectivity index (χ0) is 19.4. The molecule has 0 aromatic heterocycles. The largest absolute Gasteiger partial charge is 0.462 e. The first-order valence-corrected chi connectivity index (χ1v) is 9.29. The van der Waals surface area contributed by atoms with E-state index in [0.29, 0.717) is 18.8 Å². The highest BCUT2D eigenvalue weighted by atomic mass is 16.5. The van der Waals surface area contributed by atoms with Gasteiger partial charge in [-0.1, -0.05) is 30.3 Å². The Labute approximate surface area is 159 Å². The van der Waals surface area contributed by atoms with Gasteiger partial charge in [0.25, 0.3) is 0 Å². The standard InChI is InChI=1S/C21H26O6/c1-14(22)26-12-17-11-20(16-7-9-25-10-8-16)21(24,13-27-15(2)23)19-6-4-3-5-18(17)19/h3-6,11,16,20,24H,7-10,12-13H2,1-2H3/t20-,21-/m1/s1. The molecule has 1 saturated heterocycles. The molecule has 0 bridgehead atoms. The molecule has 146 valence electrons. The predicted molar refractivity (Wildman–Crippen MR) is 98.6 cm³/mol. The second-order valence-electron chi connectivity index (χ2n) is 7.20. The smallest absolute Gasteiger partial charge is 0.302 e. The van der Waals surface area contributed by atoms with E-state index in [4.69, 9.17) is 14.2 Å². The Bertz CT molecular complexity index is 734. The number of rotatable bonds is 5. The van der Waals surface area contributed by atoms with E-state index in [1.807, 2.05) is 30.3 Å². The third-order valence-corrected chi connectivity index (χ3v) is 5.37. The molecular weight excluding hydrogens is 348 g/mol. The summed E-state index contributed by atoms with van der Waals surface area (Å²) in [4.78, 5) is 22.8. The number of benzene rings is 1. The van der Waals surface area contributed by atoms with E-state index in [-0.39, 0.29) is 31.0 Å². The highest BCUT2D eigenvalue weighted by Gasteiger charge is 2.47. The summed E-state index contributed by atoms with van der Waals surface area (Å²) in [5.74, 6) is -0.862. The van der Waals surface area contributed by atoms with Crippen molar-refractivity contribution in [3.05, 3.63) is 41.5 Å². The monoisotopic (exact) mass is 374 g/mol. The molecule has 2 atom stereocenters. The molecule has 1 aliphatic carbocycles. The van der Waals surface area contributed by atoms with Crippen LogP contribution < -0.4 is 0 Å². The molecule has 3 rings (SSSR count). The van der Waals surface area contributed by atoms with Crippen molar-refractivity contribution in [2.75, 3.05) is 26.4 Å². The fourth-order valence-electron chi connectivity index (χ4n) is 4.06. The molecule has 0 amide bonds. The minimum Gasteiger partial charge on any atom is -0.462 e. The van der Waals surface area contributed by atoms with Crippen molar-refractivity contribution in [2.45, 2.75) is 32.3 Å². The summed E-state index contributed by atoms with van der Waals surface area (Å²) in [6.45, 7) is 4.03. The molecule has 0 radical (unpaired) electrons. The van der Waals surface area contributed by atoms with Gasteiger partial charge in [-0.3, -0.25) is 9.59 Å². The van der Waals surface area contributed by atoms with E-state index < -0.39 is 11.6 Å². The van der Waals surface area contributed by atoms with Gasteiger partial charge < -0.3 is 19.3 Å². The molecule has 2 aliphatic rings. The number of hydrogen-bond acceptors (Lipinski definition) is 6. The molecule has 0 unspecified atom stereocenters. The first-order valence-electron chi connectivity index (χ1n) is 9.29. The molecule has 1 aromatic carbocycles. The third kappa shape index (κ3) is 4.22. The molecule has 0 saturated carbocycles. The Kier molecular flexibility index (Phi) is 5.97. The van der Waals surface area contributed by atoms with Crippen molar-refractivity contribution < 1.29 is 28.9 Å². The van der Waals surface area contributed by atoms with Crippen molar-refractivity contribution in [3.8, 4) is 0 Å². The third-order valence-electron chi connectivity index (χ3n) is 5.37. The first-order chi connectivity index (χ1) is 12.9. The van der Waals surface area contributed by atoms with Gasteiger partial charge in [0.2, 0.25) is 0 Å². The zero-order valence-corrected chi connectivity index (χ0v) is 15.8. The predicted octanol–water partition coefficient (Wildman–Crippen LogP) is 2.44. The van der Waals surface area contributed by atoms with Gasteiger partial charge in [-0.2, -0.15) is 0 Å². The maximum Gasteiger partial charge on any atom is 0.302 e. The molecule has 27 heavy (non-hydrogen) atoms. The van der Waals surface area contributed by atoms with Crippen molar-refractivity contribution in [2.24, 2.45) is 11.8 Å². The molecule has 6 nitrogen and oxygen atoms in total. The lowest BCUT2D eigenvalue weighted by atomic mass is 9.66. The number of fused-ring (bicyclic) bond motifs is 1. The lowest BCUT2D eigenvalue weighted by molar-refractivity contribution is -0.156. The van der Waals surface area contributed by atoms with Gasteiger partial charge in [-0.25, -0.2) is 0 Å². The Hall–Kier alpha value is -2.18. The quantitative estimate of drug-likeness (QED) is 0.797. The van der Waals surface area contributed by atoms with E-state index >= 15 is 0 Å². The Balaban J connectivity index is 2.03. The van der Waals surface area contributed by atoms with Crippen LogP contribution >= 0.6 is 0 Å². The van der Waals surface area contributed by atoms with Gasteiger partial charge in [0.15, 0.2) is 0 Å². The van der Waals surface area contributed by atoms with Crippen LogP contribution in [0.1, 0.15) is 37.8 Å². The maximum absolute atomic E-state index is 11.7. The average molecular weight is 374 g/mol. The molecule has 0 spiro atoms. The van der Waals surface area contributed by atoms with Crippen LogP contribution in [0.5, 0.6) is 0 Å². The number of aliphatic hydroxyl groups is 1. The van der Waals surface area contributed by atoms with Crippen LogP contribution in [0.4, 0.5) is 0 Å². The minimum atomic E-state index is -1.33. The summed E-state index contributed by atoms with van der Waals surface area (Å²) in [6, 6.07) is 7.48. The van der Waals surface area contributed by atoms with Crippen LogP contribution in [0.2, 0.25) is 0 Å². The normalized spacial score (nSPS) is 25.3. The molecule has 1 aliphatic heterocycles. The first kappa shape index (κ1) is 19.6. The van der Waals surface area contributed by atoms with Crippen LogP contribution in [0.25, 0.3) is 5.57 Å². The second-order valence-corrected chi connectivity index (χ2v) is 7.20. The van der Waals surface area contributed by atoms with Crippen LogP contribution in [0.3, 0.4) is 0 Å². The molecule has 1 heterocycles. The van der Waals surface area contributed by atoms with E-state index in [9.17, 15) is 14.7 Å². The molecule has 1 fully saturated rings. The molecular formula is C21H26O6. The Morgan fingerprint density at radius 3 is 2.48 bits per heavy atom. The summed E-state index contributed by atoms with van der Waals surface area (Å²) in [5, 5.41) is 11.7. The fraction of sp³-hybridized carbons (Fsp3) is 0.524. The number of ether oxygens (including phenoxy) is 3. The number of esters is 2. The van der Waals surface area contributed by atoms with Gasteiger partial charge in [0, 0.05) is 33.0 Å². The van der Waals surface area contributed by atoms with Crippen LogP contribution in [0, 0.1) is 11.8 Å². The van der Waals surface area contributed by atoms with E-state index in [1.165, 1.54) is 13.8 Å². The Morgan fingerprint density at radius 1 is 1.15 bits per heavy atom. The molecule has 1 aromatic rings. The lowest BCUT2D eigenvalue weighted by Gasteiger charge is -2.44. The summed E-state index contributed by atoms with van der Waals surface area (Å²) < 4.78 is 16.0. The average Bonchev–Trinajstić information content (AvgIpc) is 2.67. The summed E-state index contributed by atoms with van der Waals surface area (Å²) in [5.41, 5.74) is 1.05. The maximum atomic E-state index is 11.7. The van der Waals surface area contributed by atoms with Gasteiger partial charge in [0.05, 0.1) is 0 Å².